The molecule has 1 amide bonds. The average molecular weight is 434 g/mol. The van der Waals surface area contributed by atoms with Gasteiger partial charge in [0.2, 0.25) is 5.91 Å². The number of halogens is 1. The van der Waals surface area contributed by atoms with Crippen molar-refractivity contribution in [3.63, 3.8) is 0 Å². The summed E-state index contributed by atoms with van der Waals surface area (Å²) in [4.78, 5) is 14.6. The zero-order valence-electron chi connectivity index (χ0n) is 16.3. The van der Waals surface area contributed by atoms with Crippen molar-refractivity contribution in [3.05, 3.63) is 64.6 Å². The lowest BCUT2D eigenvalue weighted by Gasteiger charge is -2.26. The van der Waals surface area contributed by atoms with E-state index >= 15 is 0 Å². The van der Waals surface area contributed by atoms with Gasteiger partial charge in [-0.05, 0) is 54.7 Å². The molecule has 2 aromatic rings. The summed E-state index contributed by atoms with van der Waals surface area (Å²) in [6.07, 6.45) is 4.78. The Labute approximate surface area is 176 Å². The second kappa shape index (κ2) is 8.00. The van der Waals surface area contributed by atoms with Gasteiger partial charge in [0.05, 0.1) is 18.1 Å². The predicted octanol–water partition coefficient (Wildman–Crippen LogP) is 4.29. The minimum absolute atomic E-state index is 0.000744. The van der Waals surface area contributed by atoms with E-state index in [1.807, 2.05) is 24.3 Å². The van der Waals surface area contributed by atoms with Gasteiger partial charge in [-0.25, -0.2) is 8.42 Å². The second-order valence-corrected chi connectivity index (χ2v) is 10.7. The fourth-order valence-corrected chi connectivity index (χ4v) is 5.67. The van der Waals surface area contributed by atoms with Crippen molar-refractivity contribution in [1.82, 2.24) is 4.90 Å². The van der Waals surface area contributed by atoms with Gasteiger partial charge in [0.25, 0.3) is 0 Å². The van der Waals surface area contributed by atoms with Crippen LogP contribution in [0.2, 0.25) is 5.02 Å². The zero-order chi connectivity index (χ0) is 20.6. The molecule has 29 heavy (non-hydrogen) atoms. The summed E-state index contributed by atoms with van der Waals surface area (Å²) in [5, 5.41) is 0.630. The topological polar surface area (TPSA) is 67.6 Å². The summed E-state index contributed by atoms with van der Waals surface area (Å²) < 4.78 is 29.9. The first-order valence-electron chi connectivity index (χ1n) is 9.84. The van der Waals surface area contributed by atoms with Crippen molar-refractivity contribution < 1.29 is 17.6 Å². The highest BCUT2D eigenvalue weighted by molar-refractivity contribution is 7.91. The van der Waals surface area contributed by atoms with Gasteiger partial charge in [0, 0.05) is 23.1 Å². The van der Waals surface area contributed by atoms with Crippen LogP contribution in [0.5, 0.6) is 0 Å². The highest BCUT2D eigenvalue weighted by atomic mass is 35.5. The fraction of sp³-hybridized carbons (Fsp3) is 0.409. The Bertz CT molecular complexity index is 1030. The SMILES string of the molecule is CC1CC1c1ccc(CN(C(=O)/C=C/c2ccc(Cl)cc2)C2CCS(=O)(=O)C2)o1. The van der Waals surface area contributed by atoms with Crippen molar-refractivity contribution in [1.29, 1.82) is 0 Å². The Morgan fingerprint density at radius 3 is 2.59 bits per heavy atom. The van der Waals surface area contributed by atoms with Gasteiger partial charge in [-0.2, -0.15) is 0 Å². The van der Waals surface area contributed by atoms with Crippen LogP contribution in [-0.2, 0) is 21.2 Å². The Kier molecular flexibility index (Phi) is 5.58. The molecule has 2 heterocycles. The molecule has 1 aromatic heterocycles. The molecule has 1 aliphatic heterocycles. The van der Waals surface area contributed by atoms with E-state index in [1.54, 1.807) is 23.1 Å². The molecular weight excluding hydrogens is 410 g/mol. The number of hydrogen-bond acceptors (Lipinski definition) is 4. The van der Waals surface area contributed by atoms with Crippen molar-refractivity contribution >= 4 is 33.4 Å². The minimum Gasteiger partial charge on any atom is -0.464 e. The van der Waals surface area contributed by atoms with E-state index in [0.717, 1.165) is 17.7 Å². The molecule has 1 aliphatic carbocycles. The van der Waals surface area contributed by atoms with Gasteiger partial charge in [0.1, 0.15) is 11.5 Å². The van der Waals surface area contributed by atoms with Gasteiger partial charge < -0.3 is 9.32 Å². The van der Waals surface area contributed by atoms with Gasteiger partial charge in [-0.15, -0.1) is 0 Å². The van der Waals surface area contributed by atoms with Crippen LogP contribution in [0.4, 0.5) is 0 Å². The van der Waals surface area contributed by atoms with E-state index in [0.29, 0.717) is 29.0 Å². The Balaban J connectivity index is 1.52. The van der Waals surface area contributed by atoms with E-state index in [1.165, 1.54) is 6.08 Å². The molecule has 1 saturated carbocycles. The highest BCUT2D eigenvalue weighted by Crippen LogP contribution is 2.47. The molecule has 3 unspecified atom stereocenters. The molecular formula is C22H24ClNO4S. The number of nitrogens with zero attached hydrogens (tertiary/aromatic N) is 1. The molecule has 2 fully saturated rings. The number of furan rings is 1. The normalized spacial score (nSPS) is 25.4. The Morgan fingerprint density at radius 2 is 1.97 bits per heavy atom. The van der Waals surface area contributed by atoms with Crippen molar-refractivity contribution in [3.8, 4) is 0 Å². The molecule has 0 bridgehead atoms. The number of amides is 1. The first-order valence-corrected chi connectivity index (χ1v) is 12.0. The third-order valence-corrected chi connectivity index (χ3v) is 7.71. The first-order chi connectivity index (χ1) is 13.8. The maximum atomic E-state index is 13.0. The number of rotatable bonds is 6. The summed E-state index contributed by atoms with van der Waals surface area (Å²) in [7, 11) is -3.11. The lowest BCUT2D eigenvalue weighted by molar-refractivity contribution is -0.128. The average Bonchev–Trinajstić information content (AvgIpc) is 3.07. The molecule has 154 valence electrons. The molecule has 3 atom stereocenters. The summed E-state index contributed by atoms with van der Waals surface area (Å²) in [5.41, 5.74) is 0.852. The lowest BCUT2D eigenvalue weighted by Crippen LogP contribution is -2.39. The largest absolute Gasteiger partial charge is 0.464 e. The molecule has 2 aliphatic rings. The highest BCUT2D eigenvalue weighted by Gasteiger charge is 2.37. The monoisotopic (exact) mass is 433 g/mol. The third-order valence-electron chi connectivity index (χ3n) is 5.70. The molecule has 1 aromatic carbocycles. The number of carbonyl (C=O) groups excluding carboxylic acids is 1. The Morgan fingerprint density at radius 1 is 1.24 bits per heavy atom. The zero-order valence-corrected chi connectivity index (χ0v) is 17.8. The van der Waals surface area contributed by atoms with Gasteiger partial charge in [0.15, 0.2) is 9.84 Å². The molecule has 7 heteroatoms. The van der Waals surface area contributed by atoms with E-state index in [4.69, 9.17) is 16.0 Å². The summed E-state index contributed by atoms with van der Waals surface area (Å²) in [6, 6.07) is 10.7. The molecule has 0 spiro atoms. The quantitative estimate of drug-likeness (QED) is 0.637. The van der Waals surface area contributed by atoms with Crippen LogP contribution in [0.3, 0.4) is 0 Å². The van der Waals surface area contributed by atoms with E-state index in [-0.39, 0.29) is 30.0 Å². The smallest absolute Gasteiger partial charge is 0.247 e. The molecule has 5 nitrogen and oxygen atoms in total. The summed E-state index contributed by atoms with van der Waals surface area (Å²) in [6.45, 7) is 2.46. The van der Waals surface area contributed by atoms with E-state index in [9.17, 15) is 13.2 Å². The van der Waals surface area contributed by atoms with Gasteiger partial charge >= 0.3 is 0 Å². The molecule has 4 rings (SSSR count). The van der Waals surface area contributed by atoms with Crippen molar-refractivity contribution in [2.45, 2.75) is 38.3 Å². The lowest BCUT2D eigenvalue weighted by atomic mass is 10.1. The van der Waals surface area contributed by atoms with Gasteiger partial charge in [-0.3, -0.25) is 4.79 Å². The maximum absolute atomic E-state index is 13.0. The predicted molar refractivity (Wildman–Crippen MR) is 113 cm³/mol. The Hall–Kier alpha value is -2.05. The van der Waals surface area contributed by atoms with Crippen LogP contribution < -0.4 is 0 Å². The van der Waals surface area contributed by atoms with Crippen molar-refractivity contribution in [2.75, 3.05) is 11.5 Å². The van der Waals surface area contributed by atoms with Crippen LogP contribution in [0.15, 0.2) is 46.9 Å². The molecule has 0 N–H and O–H groups in total. The van der Waals surface area contributed by atoms with E-state index < -0.39 is 9.84 Å². The summed E-state index contributed by atoms with van der Waals surface area (Å²) in [5.74, 6) is 2.64. The van der Waals surface area contributed by atoms with Gasteiger partial charge in [-0.1, -0.05) is 30.7 Å². The summed E-state index contributed by atoms with van der Waals surface area (Å²) >= 11 is 5.90. The van der Waals surface area contributed by atoms with Crippen LogP contribution >= 0.6 is 11.6 Å². The molecule has 1 saturated heterocycles. The van der Waals surface area contributed by atoms with Crippen LogP contribution in [0, 0.1) is 5.92 Å². The van der Waals surface area contributed by atoms with Crippen LogP contribution in [-0.4, -0.2) is 36.8 Å². The molecule has 0 radical (unpaired) electrons. The van der Waals surface area contributed by atoms with Crippen LogP contribution in [0.25, 0.3) is 6.08 Å². The first kappa shape index (κ1) is 20.2. The van der Waals surface area contributed by atoms with Crippen molar-refractivity contribution in [2.24, 2.45) is 5.92 Å². The fourth-order valence-electron chi connectivity index (χ4n) is 3.81. The third kappa shape index (κ3) is 4.93. The maximum Gasteiger partial charge on any atom is 0.247 e. The second-order valence-electron chi connectivity index (χ2n) is 8.03. The minimum atomic E-state index is -3.11. The standard InChI is InChI=1S/C22H24ClNO4S/c1-15-12-20(15)21-8-7-19(28-21)13-24(18-10-11-29(26,27)14-18)22(25)9-4-16-2-5-17(23)6-3-16/h2-9,15,18,20H,10-14H2,1H3/b9-4+. The van der Waals surface area contributed by atoms with Crippen LogP contribution in [0.1, 0.15) is 42.8 Å². The number of hydrogen-bond donors (Lipinski definition) is 0. The number of benzene rings is 1. The van der Waals surface area contributed by atoms with E-state index in [2.05, 4.69) is 6.92 Å². The number of carbonyl (C=O) groups is 1. The number of sulfone groups is 1.